The van der Waals surface area contributed by atoms with Crippen molar-refractivity contribution in [1.82, 2.24) is 10.3 Å². The number of hydrogen-bond donors (Lipinski definition) is 2. The molecule has 0 spiro atoms. The monoisotopic (exact) mass is 297 g/mol. The topological polar surface area (TPSA) is 68.0 Å². The van der Waals surface area contributed by atoms with Crippen molar-refractivity contribution in [2.45, 2.75) is 13.0 Å². The van der Waals surface area contributed by atoms with Crippen molar-refractivity contribution in [2.75, 3.05) is 5.73 Å². The van der Waals surface area contributed by atoms with E-state index in [4.69, 9.17) is 5.73 Å². The minimum Gasteiger partial charge on any atom is -0.383 e. The summed E-state index contributed by atoms with van der Waals surface area (Å²) in [6.45, 7) is 1.95. The molecule has 0 aliphatic heterocycles. The molecule has 0 radical (unpaired) electrons. The molecule has 0 fully saturated rings. The van der Waals surface area contributed by atoms with Gasteiger partial charge in [-0.1, -0.05) is 24.3 Å². The first-order valence-electron chi connectivity index (χ1n) is 6.63. The molecule has 0 saturated heterocycles. The lowest BCUT2D eigenvalue weighted by Gasteiger charge is -2.13. The molecule has 0 saturated carbocycles. The van der Waals surface area contributed by atoms with Crippen LogP contribution in [0.3, 0.4) is 0 Å². The summed E-state index contributed by atoms with van der Waals surface area (Å²) in [6.07, 6.45) is 0. The highest BCUT2D eigenvalue weighted by Gasteiger charge is 2.14. The Labute approximate surface area is 126 Å². The first-order valence-corrected chi connectivity index (χ1v) is 7.57. The van der Waals surface area contributed by atoms with Crippen molar-refractivity contribution in [3.05, 3.63) is 58.4 Å². The van der Waals surface area contributed by atoms with Gasteiger partial charge in [-0.2, -0.15) is 11.3 Å². The number of aromatic nitrogens is 1. The third-order valence-corrected chi connectivity index (χ3v) is 4.09. The number of pyridine rings is 1. The predicted octanol–water partition coefficient (Wildman–Crippen LogP) is 3.37. The van der Waals surface area contributed by atoms with Gasteiger partial charge in [0.15, 0.2) is 0 Å². The molecular formula is C16H15N3OS. The molecule has 3 rings (SSSR count). The molecule has 1 amide bonds. The van der Waals surface area contributed by atoms with Crippen LogP contribution in [-0.4, -0.2) is 10.9 Å². The van der Waals surface area contributed by atoms with Gasteiger partial charge < -0.3 is 11.1 Å². The maximum absolute atomic E-state index is 12.3. The van der Waals surface area contributed by atoms with Gasteiger partial charge in [0, 0.05) is 5.39 Å². The van der Waals surface area contributed by atoms with Gasteiger partial charge in [-0.15, -0.1) is 0 Å². The number of nitrogens with two attached hydrogens (primary N) is 1. The van der Waals surface area contributed by atoms with E-state index in [1.165, 1.54) is 0 Å². The quantitative estimate of drug-likeness (QED) is 0.779. The number of benzene rings is 1. The van der Waals surface area contributed by atoms with Crippen LogP contribution in [0.15, 0.2) is 47.2 Å². The number of anilines is 1. The van der Waals surface area contributed by atoms with Crippen molar-refractivity contribution >= 4 is 33.8 Å². The molecule has 0 bridgehead atoms. The van der Waals surface area contributed by atoms with Gasteiger partial charge in [0.25, 0.3) is 5.91 Å². The molecule has 3 N–H and O–H groups in total. The largest absolute Gasteiger partial charge is 0.383 e. The van der Waals surface area contributed by atoms with Crippen LogP contribution in [0.2, 0.25) is 0 Å². The molecule has 3 aromatic rings. The Bertz CT molecular complexity index is 783. The van der Waals surface area contributed by atoms with Gasteiger partial charge in [-0.3, -0.25) is 4.79 Å². The van der Waals surface area contributed by atoms with E-state index in [1.54, 1.807) is 17.4 Å². The zero-order valence-electron chi connectivity index (χ0n) is 11.5. The Morgan fingerprint density at radius 1 is 1.33 bits per heavy atom. The van der Waals surface area contributed by atoms with Gasteiger partial charge in [-0.05, 0) is 40.8 Å². The minimum absolute atomic E-state index is 0.0572. The minimum atomic E-state index is -0.217. The molecule has 5 heteroatoms. The Kier molecular flexibility index (Phi) is 3.58. The van der Waals surface area contributed by atoms with E-state index >= 15 is 0 Å². The number of nitrogens with zero attached hydrogens (tertiary/aromatic N) is 1. The zero-order chi connectivity index (χ0) is 14.8. The standard InChI is InChI=1S/C16H15N3OS/c1-10(12-6-7-21-9-12)18-16(20)14-8-11-4-2-3-5-13(11)15(17)19-14/h2-10H,1H3,(H2,17,19)(H,18,20). The number of rotatable bonds is 3. The molecule has 1 atom stereocenters. The smallest absolute Gasteiger partial charge is 0.270 e. The average molecular weight is 297 g/mol. The molecule has 4 nitrogen and oxygen atoms in total. The average Bonchev–Trinajstić information content (AvgIpc) is 3.01. The molecule has 0 aliphatic rings. The van der Waals surface area contributed by atoms with Gasteiger partial charge in [0.2, 0.25) is 0 Å². The third kappa shape index (κ3) is 2.73. The molecular weight excluding hydrogens is 282 g/mol. The molecule has 0 aliphatic carbocycles. The van der Waals surface area contributed by atoms with Crippen molar-refractivity contribution in [3.63, 3.8) is 0 Å². The maximum atomic E-state index is 12.3. The van der Waals surface area contributed by atoms with E-state index in [0.29, 0.717) is 11.5 Å². The predicted molar refractivity (Wildman–Crippen MR) is 86.4 cm³/mol. The van der Waals surface area contributed by atoms with Crippen LogP contribution in [-0.2, 0) is 0 Å². The summed E-state index contributed by atoms with van der Waals surface area (Å²) in [7, 11) is 0. The molecule has 106 valence electrons. The first-order chi connectivity index (χ1) is 10.1. The molecule has 2 aromatic heterocycles. The van der Waals surface area contributed by atoms with E-state index < -0.39 is 0 Å². The van der Waals surface area contributed by atoms with E-state index in [0.717, 1.165) is 16.3 Å². The van der Waals surface area contributed by atoms with Crippen LogP contribution in [0.1, 0.15) is 29.0 Å². The third-order valence-electron chi connectivity index (χ3n) is 3.39. The fourth-order valence-corrected chi connectivity index (χ4v) is 2.97. The van der Waals surface area contributed by atoms with Crippen LogP contribution < -0.4 is 11.1 Å². The number of nitrogens with one attached hydrogen (secondary N) is 1. The zero-order valence-corrected chi connectivity index (χ0v) is 12.4. The molecule has 1 unspecified atom stereocenters. The normalized spacial score (nSPS) is 12.2. The first kappa shape index (κ1) is 13.6. The van der Waals surface area contributed by atoms with Crippen LogP contribution in [0.4, 0.5) is 5.82 Å². The maximum Gasteiger partial charge on any atom is 0.270 e. The number of hydrogen-bond acceptors (Lipinski definition) is 4. The molecule has 1 aromatic carbocycles. The van der Waals surface area contributed by atoms with E-state index in [-0.39, 0.29) is 11.9 Å². The van der Waals surface area contributed by atoms with Crippen LogP contribution in [0.25, 0.3) is 10.8 Å². The lowest BCUT2D eigenvalue weighted by Crippen LogP contribution is -2.27. The summed E-state index contributed by atoms with van der Waals surface area (Å²) in [5, 5.41) is 8.73. The SMILES string of the molecule is CC(NC(=O)c1cc2ccccc2c(N)n1)c1ccsc1. The van der Waals surface area contributed by atoms with Crippen LogP contribution >= 0.6 is 11.3 Å². The van der Waals surface area contributed by atoms with E-state index in [2.05, 4.69) is 10.3 Å². The van der Waals surface area contributed by atoms with Gasteiger partial charge in [-0.25, -0.2) is 4.98 Å². The van der Waals surface area contributed by atoms with Gasteiger partial charge in [0.05, 0.1) is 6.04 Å². The summed E-state index contributed by atoms with van der Waals surface area (Å²) in [6, 6.07) is 11.3. The van der Waals surface area contributed by atoms with Crippen molar-refractivity contribution in [1.29, 1.82) is 0 Å². The van der Waals surface area contributed by atoms with Crippen molar-refractivity contribution in [3.8, 4) is 0 Å². The summed E-state index contributed by atoms with van der Waals surface area (Å²) in [5.41, 5.74) is 7.36. The van der Waals surface area contributed by atoms with Crippen molar-refractivity contribution in [2.24, 2.45) is 0 Å². The summed E-state index contributed by atoms with van der Waals surface area (Å²) in [4.78, 5) is 16.5. The highest BCUT2D eigenvalue weighted by molar-refractivity contribution is 7.07. The van der Waals surface area contributed by atoms with Crippen LogP contribution in [0.5, 0.6) is 0 Å². The van der Waals surface area contributed by atoms with Gasteiger partial charge >= 0.3 is 0 Å². The van der Waals surface area contributed by atoms with Gasteiger partial charge in [0.1, 0.15) is 11.5 Å². The summed E-state index contributed by atoms with van der Waals surface area (Å²) < 4.78 is 0. The number of carbonyl (C=O) groups excluding carboxylic acids is 1. The number of fused-ring (bicyclic) bond motifs is 1. The highest BCUT2D eigenvalue weighted by atomic mass is 32.1. The Balaban J connectivity index is 1.88. The van der Waals surface area contributed by atoms with E-state index in [1.807, 2.05) is 48.0 Å². The number of amides is 1. The fraction of sp³-hybridized carbons (Fsp3) is 0.125. The second kappa shape index (κ2) is 5.54. The lowest BCUT2D eigenvalue weighted by molar-refractivity contribution is 0.0935. The Morgan fingerprint density at radius 3 is 2.90 bits per heavy atom. The Hall–Kier alpha value is -2.40. The van der Waals surface area contributed by atoms with E-state index in [9.17, 15) is 4.79 Å². The summed E-state index contributed by atoms with van der Waals surface area (Å²) >= 11 is 1.61. The van der Waals surface area contributed by atoms with Crippen molar-refractivity contribution < 1.29 is 4.79 Å². The highest BCUT2D eigenvalue weighted by Crippen LogP contribution is 2.21. The molecule has 21 heavy (non-hydrogen) atoms. The lowest BCUT2D eigenvalue weighted by atomic mass is 10.1. The van der Waals surface area contributed by atoms with Crippen LogP contribution in [0, 0.1) is 0 Å². The second-order valence-electron chi connectivity index (χ2n) is 4.87. The Morgan fingerprint density at radius 2 is 2.14 bits per heavy atom. The number of carbonyl (C=O) groups is 1. The second-order valence-corrected chi connectivity index (χ2v) is 5.65. The fourth-order valence-electron chi connectivity index (χ4n) is 2.22. The number of nitrogen functional groups attached to an aromatic ring is 1. The molecule has 2 heterocycles. The number of thiophene rings is 1. The summed E-state index contributed by atoms with van der Waals surface area (Å²) in [5.74, 6) is 0.160.